The number of amides is 1. The highest BCUT2D eigenvalue weighted by atomic mass is 16.5. The van der Waals surface area contributed by atoms with Crippen LogP contribution in [0, 0.1) is 6.92 Å². The minimum Gasteiger partial charge on any atom is -0.497 e. The summed E-state index contributed by atoms with van der Waals surface area (Å²) in [5.74, 6) is 0.897. The summed E-state index contributed by atoms with van der Waals surface area (Å²) in [6.45, 7) is 8.31. The van der Waals surface area contributed by atoms with Gasteiger partial charge in [0.15, 0.2) is 0 Å². The Balaban J connectivity index is 1.77. The molecule has 26 heavy (non-hydrogen) atoms. The van der Waals surface area contributed by atoms with Crippen molar-refractivity contribution in [3.05, 3.63) is 53.6 Å². The number of carbonyl (C=O) groups excluding carboxylic acids is 1. The lowest BCUT2D eigenvalue weighted by Gasteiger charge is -2.23. The molecule has 0 aromatic heterocycles. The maximum Gasteiger partial charge on any atom is 0.235 e. The van der Waals surface area contributed by atoms with Crippen molar-refractivity contribution in [2.45, 2.75) is 39.0 Å². The third-order valence-corrected chi connectivity index (χ3v) is 5.41. The molecule has 0 atom stereocenters. The Morgan fingerprint density at radius 3 is 2.27 bits per heavy atom. The Morgan fingerprint density at radius 1 is 1.12 bits per heavy atom. The van der Waals surface area contributed by atoms with Gasteiger partial charge in [0, 0.05) is 24.5 Å². The van der Waals surface area contributed by atoms with E-state index in [4.69, 9.17) is 4.74 Å². The molecule has 0 heterocycles. The van der Waals surface area contributed by atoms with Crippen molar-refractivity contribution in [2.24, 2.45) is 0 Å². The maximum absolute atomic E-state index is 13.0. The first-order valence-electron chi connectivity index (χ1n) is 9.35. The van der Waals surface area contributed by atoms with Gasteiger partial charge in [0.2, 0.25) is 5.91 Å². The van der Waals surface area contributed by atoms with Crippen LogP contribution >= 0.6 is 0 Å². The lowest BCUT2D eigenvalue weighted by Crippen LogP contribution is -2.28. The van der Waals surface area contributed by atoms with E-state index in [1.807, 2.05) is 30.3 Å². The van der Waals surface area contributed by atoms with Crippen LogP contribution in [0.2, 0.25) is 0 Å². The standard InChI is InChI=1S/C22H28N2O2/c1-5-24(6-2)18-9-12-20(16(3)15-18)23-21(25)22(13-14-22)17-7-10-19(26-4)11-8-17/h7-12,15H,5-6,13-14H2,1-4H3,(H,23,25). The van der Waals surface area contributed by atoms with Crippen molar-refractivity contribution in [3.63, 3.8) is 0 Å². The van der Waals surface area contributed by atoms with E-state index < -0.39 is 5.41 Å². The zero-order chi connectivity index (χ0) is 18.7. The van der Waals surface area contributed by atoms with Crippen LogP contribution in [0.15, 0.2) is 42.5 Å². The van der Waals surface area contributed by atoms with Gasteiger partial charge in [0.25, 0.3) is 0 Å². The van der Waals surface area contributed by atoms with E-state index in [1.54, 1.807) is 7.11 Å². The van der Waals surface area contributed by atoms with Gasteiger partial charge in [0.1, 0.15) is 5.75 Å². The number of nitrogens with zero attached hydrogens (tertiary/aromatic N) is 1. The minimum absolute atomic E-state index is 0.0846. The molecular formula is C22H28N2O2. The molecule has 1 aliphatic rings. The minimum atomic E-state index is -0.393. The number of hydrogen-bond acceptors (Lipinski definition) is 3. The van der Waals surface area contributed by atoms with Gasteiger partial charge in [-0.15, -0.1) is 0 Å². The topological polar surface area (TPSA) is 41.6 Å². The highest BCUT2D eigenvalue weighted by Crippen LogP contribution is 2.49. The van der Waals surface area contributed by atoms with Crippen LogP contribution < -0.4 is 15.0 Å². The number of anilines is 2. The van der Waals surface area contributed by atoms with E-state index >= 15 is 0 Å². The van der Waals surface area contributed by atoms with Gasteiger partial charge in [-0.25, -0.2) is 0 Å². The zero-order valence-electron chi connectivity index (χ0n) is 16.1. The van der Waals surface area contributed by atoms with Gasteiger partial charge in [0.05, 0.1) is 12.5 Å². The lowest BCUT2D eigenvalue weighted by molar-refractivity contribution is -0.118. The van der Waals surface area contributed by atoms with Crippen LogP contribution in [0.5, 0.6) is 5.75 Å². The zero-order valence-corrected chi connectivity index (χ0v) is 16.1. The highest BCUT2D eigenvalue weighted by molar-refractivity contribution is 6.02. The number of aryl methyl sites for hydroxylation is 1. The van der Waals surface area contributed by atoms with Gasteiger partial charge in [-0.1, -0.05) is 12.1 Å². The van der Waals surface area contributed by atoms with Crippen molar-refractivity contribution < 1.29 is 9.53 Å². The summed E-state index contributed by atoms with van der Waals surface area (Å²) >= 11 is 0. The van der Waals surface area contributed by atoms with Crippen molar-refractivity contribution in [1.29, 1.82) is 0 Å². The molecule has 2 aromatic rings. The number of carbonyl (C=O) groups is 1. The van der Waals surface area contributed by atoms with E-state index in [1.165, 1.54) is 5.69 Å². The quantitative estimate of drug-likeness (QED) is 0.796. The molecule has 0 saturated heterocycles. The van der Waals surface area contributed by atoms with Crippen LogP contribution in [0.4, 0.5) is 11.4 Å². The van der Waals surface area contributed by atoms with E-state index in [0.29, 0.717) is 0 Å². The van der Waals surface area contributed by atoms with Crippen LogP contribution in [0.1, 0.15) is 37.8 Å². The third kappa shape index (κ3) is 3.41. The van der Waals surface area contributed by atoms with E-state index in [2.05, 4.69) is 43.1 Å². The summed E-state index contributed by atoms with van der Waals surface area (Å²) in [7, 11) is 1.65. The fourth-order valence-corrected chi connectivity index (χ4v) is 3.50. The molecule has 0 radical (unpaired) electrons. The Labute approximate surface area is 156 Å². The number of rotatable bonds is 7. The molecule has 4 nitrogen and oxygen atoms in total. The van der Waals surface area contributed by atoms with E-state index in [0.717, 1.165) is 48.5 Å². The van der Waals surface area contributed by atoms with Crippen molar-refractivity contribution in [1.82, 2.24) is 0 Å². The monoisotopic (exact) mass is 352 g/mol. The van der Waals surface area contributed by atoms with Crippen molar-refractivity contribution in [2.75, 3.05) is 30.4 Å². The smallest absolute Gasteiger partial charge is 0.235 e. The molecule has 138 valence electrons. The van der Waals surface area contributed by atoms with Gasteiger partial charge < -0.3 is 15.0 Å². The Kier molecular flexibility index (Phi) is 5.21. The van der Waals surface area contributed by atoms with Gasteiger partial charge in [-0.2, -0.15) is 0 Å². The molecule has 1 amide bonds. The second-order valence-corrected chi connectivity index (χ2v) is 6.94. The Bertz CT molecular complexity index is 775. The number of methoxy groups -OCH3 is 1. The molecular weight excluding hydrogens is 324 g/mol. The summed E-state index contributed by atoms with van der Waals surface area (Å²) < 4.78 is 5.22. The predicted octanol–water partition coefficient (Wildman–Crippen LogP) is 4.52. The normalized spacial score (nSPS) is 14.6. The lowest BCUT2D eigenvalue weighted by atomic mass is 9.94. The molecule has 0 spiro atoms. The number of ether oxygens (including phenoxy) is 1. The van der Waals surface area contributed by atoms with E-state index in [9.17, 15) is 4.79 Å². The summed E-state index contributed by atoms with van der Waals surface area (Å²) in [5.41, 5.74) is 3.85. The van der Waals surface area contributed by atoms with Crippen molar-refractivity contribution >= 4 is 17.3 Å². The number of nitrogens with one attached hydrogen (secondary N) is 1. The Hall–Kier alpha value is -2.49. The highest BCUT2D eigenvalue weighted by Gasteiger charge is 2.51. The largest absolute Gasteiger partial charge is 0.497 e. The molecule has 1 aliphatic carbocycles. The second-order valence-electron chi connectivity index (χ2n) is 6.94. The van der Waals surface area contributed by atoms with E-state index in [-0.39, 0.29) is 5.91 Å². The SMILES string of the molecule is CCN(CC)c1ccc(NC(=O)C2(c3ccc(OC)cc3)CC2)c(C)c1. The average molecular weight is 352 g/mol. The molecule has 1 fully saturated rings. The van der Waals surface area contributed by atoms with Crippen LogP contribution in [-0.2, 0) is 10.2 Å². The summed E-state index contributed by atoms with van der Waals surface area (Å²) in [6, 6.07) is 14.1. The molecule has 0 aliphatic heterocycles. The molecule has 1 saturated carbocycles. The molecule has 4 heteroatoms. The maximum atomic E-state index is 13.0. The van der Waals surface area contributed by atoms with Gasteiger partial charge in [-0.05, 0) is 75.1 Å². The molecule has 3 rings (SSSR count). The van der Waals surface area contributed by atoms with Crippen molar-refractivity contribution in [3.8, 4) is 5.75 Å². The first kappa shape index (κ1) is 18.3. The van der Waals surface area contributed by atoms with Crippen LogP contribution in [0.3, 0.4) is 0 Å². The molecule has 0 unspecified atom stereocenters. The first-order chi connectivity index (χ1) is 12.5. The molecule has 0 bridgehead atoms. The molecule has 2 aromatic carbocycles. The average Bonchev–Trinajstić information content (AvgIpc) is 3.47. The van der Waals surface area contributed by atoms with Gasteiger partial charge >= 0.3 is 0 Å². The van der Waals surface area contributed by atoms with Crippen LogP contribution in [0.25, 0.3) is 0 Å². The predicted molar refractivity (Wildman–Crippen MR) is 107 cm³/mol. The summed E-state index contributed by atoms with van der Waals surface area (Å²) in [4.78, 5) is 15.3. The fraction of sp³-hybridized carbons (Fsp3) is 0.409. The second kappa shape index (κ2) is 7.40. The Morgan fingerprint density at radius 2 is 1.77 bits per heavy atom. The summed E-state index contributed by atoms with van der Waals surface area (Å²) in [6.07, 6.45) is 1.78. The fourth-order valence-electron chi connectivity index (χ4n) is 3.50. The number of benzene rings is 2. The third-order valence-electron chi connectivity index (χ3n) is 5.41. The van der Waals surface area contributed by atoms with Gasteiger partial charge in [-0.3, -0.25) is 4.79 Å². The number of hydrogen-bond donors (Lipinski definition) is 1. The van der Waals surface area contributed by atoms with Crippen LogP contribution in [-0.4, -0.2) is 26.1 Å². The first-order valence-corrected chi connectivity index (χ1v) is 9.35. The summed E-state index contributed by atoms with van der Waals surface area (Å²) in [5, 5.41) is 3.15. The molecule has 1 N–H and O–H groups in total.